The van der Waals surface area contributed by atoms with E-state index in [4.69, 9.17) is 9.84 Å². The van der Waals surface area contributed by atoms with Crippen molar-refractivity contribution in [1.29, 1.82) is 0 Å². The van der Waals surface area contributed by atoms with Gasteiger partial charge < -0.3 is 15.2 Å². The van der Waals surface area contributed by atoms with Gasteiger partial charge in [-0.3, -0.25) is 4.79 Å². The molecule has 1 aliphatic carbocycles. The van der Waals surface area contributed by atoms with Crippen LogP contribution in [-0.2, 0) is 9.53 Å². The molecule has 16 heavy (non-hydrogen) atoms. The van der Waals surface area contributed by atoms with E-state index in [0.717, 1.165) is 12.8 Å². The van der Waals surface area contributed by atoms with Crippen molar-refractivity contribution < 1.29 is 23.4 Å². The van der Waals surface area contributed by atoms with E-state index < -0.39 is 12.7 Å². The number of ether oxygens (including phenoxy) is 1. The summed E-state index contributed by atoms with van der Waals surface area (Å²) >= 11 is 0. The quantitative estimate of drug-likeness (QED) is 0.768. The van der Waals surface area contributed by atoms with Crippen LogP contribution in [0, 0.1) is 0 Å². The lowest BCUT2D eigenvalue weighted by molar-refractivity contribution is -0.240. The molecule has 0 saturated heterocycles. The number of rotatable bonds is 4. The number of aliphatic hydroxyl groups is 1. The maximum Gasteiger partial charge on any atom is 0.376 e. The molecule has 0 aromatic rings. The number of carbonyl (C=O) groups excluding carboxylic acids is 1. The molecule has 0 bridgehead atoms. The van der Waals surface area contributed by atoms with Crippen LogP contribution in [0.4, 0.5) is 8.78 Å². The average molecular weight is 237 g/mol. The summed E-state index contributed by atoms with van der Waals surface area (Å²) in [5.74, 6) is -0.0775. The zero-order valence-corrected chi connectivity index (χ0v) is 9.21. The first-order chi connectivity index (χ1) is 7.37. The standard InChI is InChI=1S/C10H17F2NO3/c1-7(14)13-8-2-4-9(5-3-8)16-6-10(11,12)15/h8-9,15H,2-6H2,1H3,(H,13,14). The van der Waals surface area contributed by atoms with Gasteiger partial charge in [-0.2, -0.15) is 8.78 Å². The van der Waals surface area contributed by atoms with Crippen LogP contribution < -0.4 is 5.32 Å². The Balaban J connectivity index is 2.19. The monoisotopic (exact) mass is 237 g/mol. The molecule has 0 aromatic carbocycles. The molecule has 0 aromatic heterocycles. The minimum Gasteiger partial charge on any atom is -0.369 e. The van der Waals surface area contributed by atoms with Gasteiger partial charge in [0.05, 0.1) is 6.10 Å². The highest BCUT2D eigenvalue weighted by Gasteiger charge is 2.28. The highest BCUT2D eigenvalue weighted by Crippen LogP contribution is 2.22. The van der Waals surface area contributed by atoms with Crippen LogP contribution >= 0.6 is 0 Å². The zero-order chi connectivity index (χ0) is 12.2. The summed E-state index contributed by atoms with van der Waals surface area (Å²) in [7, 11) is 0. The van der Waals surface area contributed by atoms with Crippen LogP contribution in [-0.4, -0.2) is 35.9 Å². The SMILES string of the molecule is CC(=O)NC1CCC(OCC(O)(F)F)CC1. The van der Waals surface area contributed by atoms with Crippen molar-refractivity contribution in [2.75, 3.05) is 6.61 Å². The van der Waals surface area contributed by atoms with Gasteiger partial charge in [0, 0.05) is 13.0 Å². The Labute approximate surface area is 93.0 Å². The number of hydrogen-bond acceptors (Lipinski definition) is 3. The summed E-state index contributed by atoms with van der Waals surface area (Å²) in [6.07, 6.45) is -1.30. The van der Waals surface area contributed by atoms with Crippen molar-refractivity contribution in [3.63, 3.8) is 0 Å². The average Bonchev–Trinajstić information content (AvgIpc) is 2.14. The molecule has 1 fully saturated rings. The molecule has 1 rings (SSSR count). The topological polar surface area (TPSA) is 58.6 Å². The summed E-state index contributed by atoms with van der Waals surface area (Å²) in [6, 6.07) is 0.118. The van der Waals surface area contributed by atoms with Crippen LogP contribution in [0.5, 0.6) is 0 Å². The first-order valence-electron chi connectivity index (χ1n) is 5.36. The molecule has 0 spiro atoms. The Morgan fingerprint density at radius 1 is 1.44 bits per heavy atom. The number of nitrogens with one attached hydrogen (secondary N) is 1. The first-order valence-corrected chi connectivity index (χ1v) is 5.36. The van der Waals surface area contributed by atoms with Crippen molar-refractivity contribution in [2.24, 2.45) is 0 Å². The van der Waals surface area contributed by atoms with E-state index in [9.17, 15) is 13.6 Å². The maximum atomic E-state index is 12.1. The van der Waals surface area contributed by atoms with Gasteiger partial charge in [-0.15, -0.1) is 0 Å². The molecule has 1 aliphatic rings. The van der Waals surface area contributed by atoms with E-state index in [1.54, 1.807) is 0 Å². The third-order valence-corrected chi connectivity index (χ3v) is 2.57. The molecule has 0 atom stereocenters. The molecule has 1 amide bonds. The predicted octanol–water partition coefficient (Wildman–Crippen LogP) is 1.04. The summed E-state index contributed by atoms with van der Waals surface area (Å²) < 4.78 is 29.1. The van der Waals surface area contributed by atoms with Crippen LogP contribution in [0.15, 0.2) is 0 Å². The summed E-state index contributed by atoms with van der Waals surface area (Å²) in [6.45, 7) is 0.497. The largest absolute Gasteiger partial charge is 0.376 e. The highest BCUT2D eigenvalue weighted by atomic mass is 19.3. The normalized spacial score (nSPS) is 26.5. The predicted molar refractivity (Wildman–Crippen MR) is 53.0 cm³/mol. The van der Waals surface area contributed by atoms with Crippen LogP contribution in [0.2, 0.25) is 0 Å². The van der Waals surface area contributed by atoms with E-state index in [0.29, 0.717) is 12.8 Å². The number of hydrogen-bond donors (Lipinski definition) is 2. The minimum absolute atomic E-state index is 0.0775. The van der Waals surface area contributed by atoms with Crippen LogP contribution in [0.25, 0.3) is 0 Å². The second kappa shape index (κ2) is 5.54. The molecule has 0 heterocycles. The van der Waals surface area contributed by atoms with Crippen molar-refractivity contribution in [1.82, 2.24) is 5.32 Å². The van der Waals surface area contributed by atoms with Gasteiger partial charge in [0.1, 0.15) is 6.61 Å². The fourth-order valence-corrected chi connectivity index (χ4v) is 1.88. The Morgan fingerprint density at radius 2 is 2.00 bits per heavy atom. The number of carbonyl (C=O) groups is 1. The Bertz CT molecular complexity index is 235. The third-order valence-electron chi connectivity index (χ3n) is 2.57. The van der Waals surface area contributed by atoms with E-state index >= 15 is 0 Å². The molecule has 2 N–H and O–H groups in total. The molecule has 6 heteroatoms. The van der Waals surface area contributed by atoms with E-state index in [2.05, 4.69) is 5.32 Å². The first kappa shape index (κ1) is 13.3. The summed E-state index contributed by atoms with van der Waals surface area (Å²) in [5, 5.41) is 11.0. The van der Waals surface area contributed by atoms with Gasteiger partial charge in [0.15, 0.2) is 0 Å². The Hall–Kier alpha value is -0.750. The molecule has 4 nitrogen and oxygen atoms in total. The van der Waals surface area contributed by atoms with Crippen molar-refractivity contribution in [2.45, 2.75) is 50.9 Å². The van der Waals surface area contributed by atoms with Gasteiger partial charge in [-0.1, -0.05) is 0 Å². The van der Waals surface area contributed by atoms with Crippen LogP contribution in [0.1, 0.15) is 32.6 Å². The lowest BCUT2D eigenvalue weighted by Gasteiger charge is -2.29. The summed E-state index contributed by atoms with van der Waals surface area (Å²) in [5.41, 5.74) is 0. The number of amides is 1. The molecule has 0 radical (unpaired) electrons. The van der Waals surface area contributed by atoms with Crippen molar-refractivity contribution >= 4 is 5.91 Å². The lowest BCUT2D eigenvalue weighted by Crippen LogP contribution is -2.38. The van der Waals surface area contributed by atoms with Crippen molar-refractivity contribution in [3.05, 3.63) is 0 Å². The highest BCUT2D eigenvalue weighted by molar-refractivity contribution is 5.73. The molecular weight excluding hydrogens is 220 g/mol. The molecule has 94 valence electrons. The molecule has 0 unspecified atom stereocenters. The fraction of sp³-hybridized carbons (Fsp3) is 0.900. The Kier molecular flexibility index (Phi) is 4.61. The smallest absolute Gasteiger partial charge is 0.369 e. The second-order valence-electron chi connectivity index (χ2n) is 4.15. The lowest BCUT2D eigenvalue weighted by atomic mass is 9.93. The molecule has 0 aliphatic heterocycles. The van der Waals surface area contributed by atoms with Gasteiger partial charge in [-0.05, 0) is 25.7 Å². The second-order valence-corrected chi connectivity index (χ2v) is 4.15. The zero-order valence-electron chi connectivity index (χ0n) is 9.21. The third kappa shape index (κ3) is 5.37. The van der Waals surface area contributed by atoms with E-state index in [-0.39, 0.29) is 18.1 Å². The van der Waals surface area contributed by atoms with E-state index in [1.165, 1.54) is 6.92 Å². The minimum atomic E-state index is -3.76. The van der Waals surface area contributed by atoms with Crippen LogP contribution in [0.3, 0.4) is 0 Å². The van der Waals surface area contributed by atoms with Crippen molar-refractivity contribution in [3.8, 4) is 0 Å². The van der Waals surface area contributed by atoms with Gasteiger partial charge >= 0.3 is 6.11 Å². The Morgan fingerprint density at radius 3 is 2.44 bits per heavy atom. The number of alkyl halides is 2. The van der Waals surface area contributed by atoms with Gasteiger partial charge in [0.25, 0.3) is 0 Å². The number of halogens is 2. The summed E-state index contributed by atoms with van der Waals surface area (Å²) in [4.78, 5) is 10.8. The maximum absolute atomic E-state index is 12.1. The molecular formula is C10H17F2NO3. The fourth-order valence-electron chi connectivity index (χ4n) is 1.88. The molecule has 1 saturated carbocycles. The van der Waals surface area contributed by atoms with Gasteiger partial charge in [0.2, 0.25) is 5.91 Å². The van der Waals surface area contributed by atoms with Gasteiger partial charge in [-0.25, -0.2) is 0 Å². The van der Waals surface area contributed by atoms with E-state index in [1.807, 2.05) is 0 Å².